The molecular formula is C34H54O5S4Si2. The fourth-order valence-electron chi connectivity index (χ4n) is 6.42. The molecule has 2 unspecified atom stereocenters. The van der Waals surface area contributed by atoms with Crippen LogP contribution in [0.5, 0.6) is 0 Å². The second kappa shape index (κ2) is 17.1. The monoisotopic (exact) mass is 726 g/mol. The maximum absolute atomic E-state index is 9.64. The van der Waals surface area contributed by atoms with Crippen LogP contribution in [0, 0.1) is 0 Å². The van der Waals surface area contributed by atoms with Crippen LogP contribution in [-0.4, -0.2) is 72.4 Å². The van der Waals surface area contributed by atoms with E-state index in [1.165, 1.54) is 9.79 Å². The van der Waals surface area contributed by atoms with Gasteiger partial charge in [0.2, 0.25) is 0 Å². The molecule has 2 N–H and O–H groups in total. The summed E-state index contributed by atoms with van der Waals surface area (Å²) in [6.45, 7) is 19.2. The molecule has 0 spiro atoms. The second-order valence-electron chi connectivity index (χ2n) is 13.4. The smallest absolute Gasteiger partial charge is 0.334 e. The topological polar surface area (TPSA) is 68.2 Å². The normalized spacial score (nSPS) is 29.4. The molecule has 5 nitrogen and oxygen atoms in total. The lowest BCUT2D eigenvalue weighted by molar-refractivity contribution is 0.0739. The van der Waals surface area contributed by atoms with Crippen molar-refractivity contribution in [1.29, 1.82) is 0 Å². The molecule has 2 aromatic rings. The van der Waals surface area contributed by atoms with Crippen molar-refractivity contribution in [3.8, 4) is 0 Å². The number of hydrogen-bond donors (Lipinski definition) is 2. The van der Waals surface area contributed by atoms with E-state index in [0.717, 1.165) is 19.4 Å². The number of fused-ring (bicyclic) bond motifs is 1. The standard InChI is InChI=1S/C23H40O3S2Si2.C11H14O2S2/c1-16(2)29(17(3)4)24-15-22-21(25-30(26-29,18(5)6)19(7)8)14-23(28-22)27-20-12-10-9-11-13-20;12-7-10-9(13)6-11(15-10)14-8-4-2-1-3-5-8/h9-13,16-19,21-23H,14-15H2,1-8H3;1-5,9-13H,6-7H2/t21-,22+,23?;9-,10+,11?/m00/s1. The summed E-state index contributed by atoms with van der Waals surface area (Å²) in [5, 5.41) is 19.1. The number of hydrogen-bond acceptors (Lipinski definition) is 9. The third-order valence-corrected chi connectivity index (χ3v) is 25.0. The van der Waals surface area contributed by atoms with Crippen molar-refractivity contribution in [2.45, 2.75) is 132 Å². The van der Waals surface area contributed by atoms with Gasteiger partial charge in [-0.2, -0.15) is 0 Å². The van der Waals surface area contributed by atoms with Gasteiger partial charge in [-0.25, -0.2) is 0 Å². The molecule has 5 rings (SSSR count). The van der Waals surface area contributed by atoms with Gasteiger partial charge in [0.05, 0.1) is 45.1 Å². The first kappa shape index (κ1) is 37.9. The summed E-state index contributed by atoms with van der Waals surface area (Å²) in [6.07, 6.45) is 1.68. The van der Waals surface area contributed by atoms with Gasteiger partial charge in [0.15, 0.2) is 0 Å². The van der Waals surface area contributed by atoms with Crippen molar-refractivity contribution in [3.63, 3.8) is 0 Å². The lowest BCUT2D eigenvalue weighted by Gasteiger charge is -2.51. The quantitative estimate of drug-likeness (QED) is 0.246. The zero-order valence-electron chi connectivity index (χ0n) is 28.1. The van der Waals surface area contributed by atoms with Crippen LogP contribution in [0.2, 0.25) is 22.2 Å². The van der Waals surface area contributed by atoms with Gasteiger partial charge in [0.25, 0.3) is 0 Å². The van der Waals surface area contributed by atoms with E-state index in [0.29, 0.717) is 36.6 Å². The lowest BCUT2D eigenvalue weighted by atomic mass is 10.2. The molecule has 0 amide bonds. The molecule has 3 aliphatic rings. The highest BCUT2D eigenvalue weighted by Gasteiger charge is 2.59. The van der Waals surface area contributed by atoms with Gasteiger partial charge in [-0.05, 0) is 59.3 Å². The number of thioether (sulfide) groups is 4. The van der Waals surface area contributed by atoms with E-state index < -0.39 is 17.1 Å². The van der Waals surface area contributed by atoms with Gasteiger partial charge in [-0.3, -0.25) is 0 Å². The molecule has 252 valence electrons. The Balaban J connectivity index is 0.000000256. The molecule has 0 bridgehead atoms. The summed E-state index contributed by atoms with van der Waals surface area (Å²) in [5.74, 6) is 0. The van der Waals surface area contributed by atoms with Gasteiger partial charge in [-0.15, -0.1) is 47.0 Å². The first-order chi connectivity index (χ1) is 21.4. The SMILES string of the molecule is CC(C)[Si]1(C(C)C)OC[C@H]2SC(Sc3ccccc3)C[C@@H]2O[Si](C(C)C)(C(C)C)O1.OC[C@H]1SC(Sc2ccccc2)C[C@@H]1O. The maximum Gasteiger partial charge on any atom is 0.334 e. The van der Waals surface area contributed by atoms with Gasteiger partial charge in [0.1, 0.15) is 0 Å². The first-order valence-electron chi connectivity index (χ1n) is 16.4. The molecule has 2 aromatic carbocycles. The minimum atomic E-state index is -2.47. The molecule has 11 heteroatoms. The minimum absolute atomic E-state index is 0.00814. The maximum atomic E-state index is 9.64. The largest absolute Gasteiger partial charge is 0.414 e. The molecule has 3 heterocycles. The Bertz CT molecular complexity index is 1140. The number of rotatable bonds is 9. The van der Waals surface area contributed by atoms with E-state index >= 15 is 0 Å². The van der Waals surface area contributed by atoms with Crippen LogP contribution in [0.1, 0.15) is 68.2 Å². The van der Waals surface area contributed by atoms with E-state index in [2.05, 4.69) is 110 Å². The summed E-state index contributed by atoms with van der Waals surface area (Å²) in [5.41, 5.74) is 1.61. The third kappa shape index (κ3) is 9.41. The van der Waals surface area contributed by atoms with Crippen LogP contribution in [0.4, 0.5) is 0 Å². The number of aliphatic hydroxyl groups is 2. The molecule has 3 fully saturated rings. The summed E-state index contributed by atoms with van der Waals surface area (Å²) in [7, 11) is -4.89. The van der Waals surface area contributed by atoms with Crippen molar-refractivity contribution >= 4 is 64.2 Å². The van der Waals surface area contributed by atoms with Gasteiger partial charge in [-0.1, -0.05) is 91.8 Å². The van der Waals surface area contributed by atoms with Crippen LogP contribution >= 0.6 is 47.0 Å². The van der Waals surface area contributed by atoms with Crippen molar-refractivity contribution < 1.29 is 23.2 Å². The van der Waals surface area contributed by atoms with Crippen LogP contribution in [0.3, 0.4) is 0 Å². The van der Waals surface area contributed by atoms with E-state index in [9.17, 15) is 5.11 Å². The highest BCUT2D eigenvalue weighted by atomic mass is 32.2. The molecule has 0 saturated carbocycles. The minimum Gasteiger partial charge on any atom is -0.414 e. The zero-order chi connectivity index (χ0) is 32.8. The zero-order valence-corrected chi connectivity index (χ0v) is 33.4. The molecule has 0 aromatic heterocycles. The predicted molar refractivity (Wildman–Crippen MR) is 201 cm³/mol. The Morgan fingerprint density at radius 2 is 1.22 bits per heavy atom. The van der Waals surface area contributed by atoms with Gasteiger partial charge in [0, 0.05) is 9.79 Å². The Labute approximate surface area is 291 Å². The molecule has 45 heavy (non-hydrogen) atoms. The number of benzene rings is 2. The van der Waals surface area contributed by atoms with E-state index in [-0.39, 0.29) is 24.1 Å². The lowest BCUT2D eigenvalue weighted by Crippen LogP contribution is -2.64. The summed E-state index contributed by atoms with van der Waals surface area (Å²) < 4.78 is 22.2. The summed E-state index contributed by atoms with van der Waals surface area (Å²) in [4.78, 5) is 2.56. The number of aliphatic hydroxyl groups excluding tert-OH is 2. The van der Waals surface area contributed by atoms with Crippen LogP contribution in [0.25, 0.3) is 0 Å². The molecule has 6 atom stereocenters. The van der Waals surface area contributed by atoms with Crippen molar-refractivity contribution in [2.75, 3.05) is 13.2 Å². The van der Waals surface area contributed by atoms with Gasteiger partial charge < -0.3 is 23.2 Å². The Morgan fingerprint density at radius 3 is 1.67 bits per heavy atom. The highest BCUT2D eigenvalue weighted by molar-refractivity contribution is 8.18. The van der Waals surface area contributed by atoms with Crippen molar-refractivity contribution in [2.24, 2.45) is 0 Å². The molecule has 0 aliphatic carbocycles. The average molecular weight is 727 g/mol. The Morgan fingerprint density at radius 1 is 0.733 bits per heavy atom. The average Bonchev–Trinajstić information content (AvgIpc) is 3.54. The first-order valence-corrected chi connectivity index (χ1v) is 24.0. The van der Waals surface area contributed by atoms with Crippen LogP contribution < -0.4 is 0 Å². The highest BCUT2D eigenvalue weighted by Crippen LogP contribution is 2.52. The molecule has 3 aliphatic heterocycles. The Kier molecular flexibility index (Phi) is 14.4. The van der Waals surface area contributed by atoms with Crippen molar-refractivity contribution in [1.82, 2.24) is 0 Å². The van der Waals surface area contributed by atoms with Crippen LogP contribution in [-0.2, 0) is 13.0 Å². The fraction of sp³-hybridized carbons (Fsp3) is 0.647. The van der Waals surface area contributed by atoms with E-state index in [1.807, 2.05) is 30.0 Å². The third-order valence-electron chi connectivity index (χ3n) is 8.90. The summed E-state index contributed by atoms with van der Waals surface area (Å²) >= 11 is 7.48. The second-order valence-corrected chi connectivity index (χ2v) is 28.3. The summed E-state index contributed by atoms with van der Waals surface area (Å²) in [6, 6.07) is 20.9. The van der Waals surface area contributed by atoms with E-state index in [1.54, 1.807) is 23.5 Å². The molecular weight excluding hydrogens is 673 g/mol. The predicted octanol–water partition coefficient (Wildman–Crippen LogP) is 9.53. The van der Waals surface area contributed by atoms with Gasteiger partial charge >= 0.3 is 17.1 Å². The van der Waals surface area contributed by atoms with Crippen molar-refractivity contribution in [3.05, 3.63) is 60.7 Å². The van der Waals surface area contributed by atoms with E-state index in [4.69, 9.17) is 18.1 Å². The molecule has 3 saturated heterocycles. The molecule has 0 radical (unpaired) electrons. The Hall–Kier alpha value is 0.0738. The fourth-order valence-corrected chi connectivity index (χ4v) is 23.9. The van der Waals surface area contributed by atoms with Crippen LogP contribution in [0.15, 0.2) is 70.5 Å².